The SMILES string of the molecule is CC1(C)C(=O)N(c2cccc(C#N)c2C(F)(F)F)C(=O)N1CCOCCO[Si](C)(C)C(C)(C)C. The van der Waals surface area contributed by atoms with Gasteiger partial charge in [0.1, 0.15) is 5.54 Å². The molecule has 0 saturated carbocycles. The lowest BCUT2D eigenvalue weighted by molar-refractivity contribution is -0.137. The lowest BCUT2D eigenvalue weighted by Gasteiger charge is -2.36. The van der Waals surface area contributed by atoms with E-state index in [1.54, 1.807) is 0 Å². The Hall–Kier alpha value is -2.42. The lowest BCUT2D eigenvalue weighted by atomic mass is 10.0. The monoisotopic (exact) mass is 499 g/mol. The number of nitriles is 1. The van der Waals surface area contributed by atoms with Gasteiger partial charge in [-0.15, -0.1) is 0 Å². The van der Waals surface area contributed by atoms with Crippen LogP contribution in [0, 0.1) is 11.3 Å². The Kier molecular flexibility index (Phi) is 7.92. The molecule has 0 atom stereocenters. The molecule has 2 rings (SSSR count). The molecule has 0 aromatic heterocycles. The topological polar surface area (TPSA) is 82.9 Å². The van der Waals surface area contributed by atoms with Crippen molar-refractivity contribution in [3.63, 3.8) is 0 Å². The summed E-state index contributed by atoms with van der Waals surface area (Å²) in [6, 6.07) is 3.83. The van der Waals surface area contributed by atoms with Crippen molar-refractivity contribution in [2.24, 2.45) is 0 Å². The molecular formula is C23H32F3N3O4Si. The summed E-state index contributed by atoms with van der Waals surface area (Å²) in [6.45, 7) is 14.3. The predicted octanol–water partition coefficient (Wildman–Crippen LogP) is 5.16. The molecule has 1 fully saturated rings. The number of carbonyl (C=O) groups excluding carboxylic acids is 2. The second kappa shape index (κ2) is 9.68. The van der Waals surface area contributed by atoms with E-state index in [9.17, 15) is 22.8 Å². The van der Waals surface area contributed by atoms with Crippen LogP contribution in [0.5, 0.6) is 0 Å². The van der Waals surface area contributed by atoms with Gasteiger partial charge < -0.3 is 14.1 Å². The van der Waals surface area contributed by atoms with E-state index in [0.29, 0.717) is 11.5 Å². The molecule has 34 heavy (non-hydrogen) atoms. The summed E-state index contributed by atoms with van der Waals surface area (Å²) in [5, 5.41) is 9.20. The Morgan fingerprint density at radius 1 is 1.09 bits per heavy atom. The molecule has 7 nitrogen and oxygen atoms in total. The number of nitrogens with zero attached hydrogens (tertiary/aromatic N) is 3. The maximum Gasteiger partial charge on any atom is 0.419 e. The highest BCUT2D eigenvalue weighted by atomic mass is 28.4. The molecule has 0 radical (unpaired) electrons. The van der Waals surface area contributed by atoms with Gasteiger partial charge in [0, 0.05) is 6.54 Å². The summed E-state index contributed by atoms with van der Waals surface area (Å²) in [7, 11) is -1.92. The Bertz CT molecular complexity index is 981. The van der Waals surface area contributed by atoms with Crippen LogP contribution in [0.1, 0.15) is 45.7 Å². The number of amides is 3. The van der Waals surface area contributed by atoms with Gasteiger partial charge in [-0.2, -0.15) is 18.4 Å². The fraction of sp³-hybridized carbons (Fsp3) is 0.609. The molecule has 1 heterocycles. The molecular weight excluding hydrogens is 467 g/mol. The summed E-state index contributed by atoms with van der Waals surface area (Å²) in [5.41, 5.74) is -4.01. The average Bonchev–Trinajstić information content (AvgIpc) is 2.87. The minimum absolute atomic E-state index is 0.00740. The Morgan fingerprint density at radius 2 is 1.71 bits per heavy atom. The van der Waals surface area contributed by atoms with E-state index in [2.05, 4.69) is 33.9 Å². The van der Waals surface area contributed by atoms with E-state index in [0.717, 1.165) is 12.1 Å². The first-order valence-electron chi connectivity index (χ1n) is 10.9. The number of hydrogen-bond donors (Lipinski definition) is 0. The largest absolute Gasteiger partial charge is 0.419 e. The highest BCUT2D eigenvalue weighted by Crippen LogP contribution is 2.42. The number of anilines is 1. The minimum Gasteiger partial charge on any atom is -0.414 e. The molecule has 0 spiro atoms. The van der Waals surface area contributed by atoms with Gasteiger partial charge in [-0.05, 0) is 44.1 Å². The van der Waals surface area contributed by atoms with Crippen LogP contribution in [0.25, 0.3) is 0 Å². The molecule has 11 heteroatoms. The third-order valence-corrected chi connectivity index (χ3v) is 11.0. The molecule has 0 N–H and O–H groups in total. The van der Waals surface area contributed by atoms with Gasteiger partial charge >= 0.3 is 12.2 Å². The molecule has 0 aliphatic carbocycles. The number of halogens is 3. The number of urea groups is 1. The van der Waals surface area contributed by atoms with Crippen LogP contribution in [0.3, 0.4) is 0 Å². The summed E-state index contributed by atoms with van der Waals surface area (Å²) in [5.74, 6) is -0.806. The molecule has 1 aromatic carbocycles. The van der Waals surface area contributed by atoms with Crippen molar-refractivity contribution < 1.29 is 31.9 Å². The lowest BCUT2D eigenvalue weighted by Crippen LogP contribution is -2.45. The van der Waals surface area contributed by atoms with Gasteiger partial charge in [-0.3, -0.25) is 4.79 Å². The highest BCUT2D eigenvalue weighted by molar-refractivity contribution is 6.74. The van der Waals surface area contributed by atoms with Gasteiger partial charge in [0.2, 0.25) is 0 Å². The number of ether oxygens (including phenoxy) is 1. The predicted molar refractivity (Wildman–Crippen MR) is 124 cm³/mol. The van der Waals surface area contributed by atoms with Crippen molar-refractivity contribution in [3.05, 3.63) is 29.3 Å². The fourth-order valence-electron chi connectivity index (χ4n) is 3.37. The third-order valence-electron chi connectivity index (χ3n) is 6.47. The maximum absolute atomic E-state index is 13.7. The van der Waals surface area contributed by atoms with Crippen LogP contribution in [0.4, 0.5) is 23.7 Å². The molecule has 1 aliphatic heterocycles. The molecule has 0 bridgehead atoms. The summed E-state index contributed by atoms with van der Waals surface area (Å²) in [6.07, 6.45) is -4.92. The van der Waals surface area contributed by atoms with Gasteiger partial charge in [-0.25, -0.2) is 9.69 Å². The summed E-state index contributed by atoms with van der Waals surface area (Å²) in [4.78, 5) is 27.8. The smallest absolute Gasteiger partial charge is 0.414 e. The first kappa shape index (κ1) is 27.8. The van der Waals surface area contributed by atoms with Crippen LogP contribution < -0.4 is 4.90 Å². The Labute approximate surface area is 199 Å². The molecule has 188 valence electrons. The summed E-state index contributed by atoms with van der Waals surface area (Å²) < 4.78 is 52.8. The molecule has 0 unspecified atom stereocenters. The normalized spacial score (nSPS) is 16.9. The molecule has 3 amide bonds. The second-order valence-electron chi connectivity index (χ2n) is 10.2. The van der Waals surface area contributed by atoms with Crippen molar-refractivity contribution in [2.45, 2.75) is 64.5 Å². The van der Waals surface area contributed by atoms with E-state index in [1.165, 1.54) is 30.9 Å². The summed E-state index contributed by atoms with van der Waals surface area (Å²) >= 11 is 0. The Balaban J connectivity index is 2.13. The highest BCUT2D eigenvalue weighted by Gasteiger charge is 2.53. The van der Waals surface area contributed by atoms with E-state index in [4.69, 9.17) is 14.4 Å². The second-order valence-corrected chi connectivity index (χ2v) is 15.0. The van der Waals surface area contributed by atoms with E-state index < -0.39 is 48.8 Å². The first-order chi connectivity index (χ1) is 15.5. The average molecular weight is 500 g/mol. The van der Waals surface area contributed by atoms with E-state index in [-0.39, 0.29) is 24.8 Å². The van der Waals surface area contributed by atoms with Crippen LogP contribution in [-0.2, 0) is 20.1 Å². The van der Waals surface area contributed by atoms with Crippen molar-refractivity contribution in [1.29, 1.82) is 5.26 Å². The number of carbonyl (C=O) groups is 2. The number of hydrogen-bond acceptors (Lipinski definition) is 5. The zero-order chi connectivity index (χ0) is 26.1. The maximum atomic E-state index is 13.7. The van der Waals surface area contributed by atoms with E-state index in [1.807, 2.05) is 0 Å². The zero-order valence-corrected chi connectivity index (χ0v) is 21.7. The first-order valence-corrected chi connectivity index (χ1v) is 13.9. The minimum atomic E-state index is -4.92. The van der Waals surface area contributed by atoms with Gasteiger partial charge in [0.25, 0.3) is 5.91 Å². The van der Waals surface area contributed by atoms with Crippen LogP contribution >= 0.6 is 0 Å². The van der Waals surface area contributed by atoms with Crippen molar-refractivity contribution in [2.75, 3.05) is 31.3 Å². The molecule has 1 saturated heterocycles. The van der Waals surface area contributed by atoms with E-state index >= 15 is 0 Å². The van der Waals surface area contributed by atoms with Gasteiger partial charge in [-0.1, -0.05) is 26.8 Å². The number of rotatable bonds is 8. The van der Waals surface area contributed by atoms with Crippen molar-refractivity contribution in [1.82, 2.24) is 4.90 Å². The zero-order valence-electron chi connectivity index (χ0n) is 20.7. The third kappa shape index (κ3) is 5.45. The quantitative estimate of drug-likeness (QED) is 0.280. The van der Waals surface area contributed by atoms with Gasteiger partial charge in [0.05, 0.1) is 42.7 Å². The fourth-order valence-corrected chi connectivity index (χ4v) is 4.40. The standard InChI is InChI=1S/C23H32F3N3O4Si/c1-21(2,3)34(6,7)33-14-13-32-12-11-28-20(31)29(19(30)22(28,4)5)17-10-8-9-16(15-27)18(17)23(24,25)26/h8-10H,11-14H2,1-7H3. The molecule has 1 aliphatic rings. The van der Waals surface area contributed by atoms with Gasteiger partial charge in [0.15, 0.2) is 8.32 Å². The number of imide groups is 1. The number of alkyl halides is 3. The molecule has 1 aromatic rings. The Morgan fingerprint density at radius 3 is 2.24 bits per heavy atom. The van der Waals surface area contributed by atoms with Crippen molar-refractivity contribution in [3.8, 4) is 6.07 Å². The van der Waals surface area contributed by atoms with Crippen LogP contribution in [-0.4, -0.2) is 57.1 Å². The number of benzene rings is 1. The van der Waals surface area contributed by atoms with Crippen LogP contribution in [0.15, 0.2) is 18.2 Å². The van der Waals surface area contributed by atoms with Crippen molar-refractivity contribution >= 4 is 25.9 Å². The van der Waals surface area contributed by atoms with Crippen LogP contribution in [0.2, 0.25) is 18.1 Å².